The predicted octanol–water partition coefficient (Wildman–Crippen LogP) is 0.301. The van der Waals surface area contributed by atoms with E-state index in [9.17, 15) is 0 Å². The Bertz CT molecular complexity index is 181. The number of aliphatic hydroxyl groups is 1. The molecule has 0 aliphatic rings. The van der Waals surface area contributed by atoms with Crippen LogP contribution in [0.5, 0.6) is 0 Å². The summed E-state index contributed by atoms with van der Waals surface area (Å²) in [5.74, 6) is 0. The average Bonchev–Trinajstić information content (AvgIpc) is 1.90. The van der Waals surface area contributed by atoms with Crippen molar-refractivity contribution in [1.29, 1.82) is 0 Å². The van der Waals surface area contributed by atoms with Gasteiger partial charge in [-0.3, -0.25) is 0 Å². The second-order valence-electron chi connectivity index (χ2n) is 2.05. The number of nitrogens with one attached hydrogen (secondary N) is 1. The lowest BCUT2D eigenvalue weighted by Crippen LogP contribution is -2.09. The maximum atomic E-state index is 8.60. The zero-order valence-corrected chi connectivity index (χ0v) is 5.39. The van der Waals surface area contributed by atoms with Crippen LogP contribution in [0.1, 0.15) is 11.3 Å². The van der Waals surface area contributed by atoms with Crippen molar-refractivity contribution in [2.75, 3.05) is 0 Å². The van der Waals surface area contributed by atoms with E-state index in [-0.39, 0.29) is 6.61 Å². The van der Waals surface area contributed by atoms with Crippen molar-refractivity contribution in [3.8, 4) is 0 Å². The fraction of sp³-hybridized carbons (Fsp3) is 0.286. The van der Waals surface area contributed by atoms with Crippen LogP contribution >= 0.6 is 0 Å². The summed E-state index contributed by atoms with van der Waals surface area (Å²) in [6.07, 6.45) is 1.87. The Hall–Kier alpha value is -0.890. The summed E-state index contributed by atoms with van der Waals surface area (Å²) in [4.78, 5) is 2.94. The Kier molecular flexibility index (Phi) is 1.80. The van der Waals surface area contributed by atoms with Crippen LogP contribution in [0, 0.1) is 6.92 Å². The molecule has 2 N–H and O–H groups in total. The van der Waals surface area contributed by atoms with Crippen molar-refractivity contribution in [3.05, 3.63) is 29.6 Å². The first-order chi connectivity index (χ1) is 4.33. The molecule has 2 nitrogen and oxygen atoms in total. The molecule has 0 radical (unpaired) electrons. The van der Waals surface area contributed by atoms with E-state index < -0.39 is 0 Å². The first-order valence-corrected chi connectivity index (χ1v) is 2.91. The minimum absolute atomic E-state index is 0.0836. The van der Waals surface area contributed by atoms with Crippen LogP contribution in [0.2, 0.25) is 0 Å². The molecule has 0 saturated heterocycles. The molecule has 0 aliphatic carbocycles. The van der Waals surface area contributed by atoms with E-state index >= 15 is 0 Å². The molecule has 0 saturated carbocycles. The van der Waals surface area contributed by atoms with Crippen LogP contribution in [0.3, 0.4) is 0 Å². The van der Waals surface area contributed by atoms with Crippen LogP contribution in [0.25, 0.3) is 0 Å². The molecule has 0 aliphatic heterocycles. The van der Waals surface area contributed by atoms with Crippen LogP contribution in [0.4, 0.5) is 0 Å². The largest absolute Gasteiger partial charge is 0.385 e. The van der Waals surface area contributed by atoms with Crippen LogP contribution in [-0.2, 0) is 6.61 Å². The summed E-state index contributed by atoms with van der Waals surface area (Å²) in [5, 5.41) is 8.60. The molecule has 48 valence electrons. The molecule has 0 atom stereocenters. The smallest absolute Gasteiger partial charge is 0.205 e. The number of aromatic nitrogens is 1. The lowest BCUT2D eigenvalue weighted by Gasteiger charge is -1.86. The summed E-state index contributed by atoms with van der Waals surface area (Å²) in [7, 11) is 0. The molecular weight excluding hydrogens is 114 g/mol. The SMILES string of the molecule is Cc1ccc(CO)[nH+]c1. The molecule has 0 spiro atoms. The van der Waals surface area contributed by atoms with E-state index in [1.54, 1.807) is 0 Å². The first kappa shape index (κ1) is 6.23. The van der Waals surface area contributed by atoms with Gasteiger partial charge in [0.25, 0.3) is 0 Å². The van der Waals surface area contributed by atoms with E-state index in [1.165, 1.54) is 5.56 Å². The summed E-state index contributed by atoms with van der Waals surface area (Å²) < 4.78 is 0. The molecular formula is C7H10NO+. The molecule has 1 heterocycles. The summed E-state index contributed by atoms with van der Waals surface area (Å²) in [5.41, 5.74) is 2.02. The third kappa shape index (κ3) is 1.50. The number of hydrogen-bond acceptors (Lipinski definition) is 1. The van der Waals surface area contributed by atoms with Crippen molar-refractivity contribution < 1.29 is 10.1 Å². The van der Waals surface area contributed by atoms with Crippen molar-refractivity contribution in [2.24, 2.45) is 0 Å². The first-order valence-electron chi connectivity index (χ1n) is 2.91. The maximum absolute atomic E-state index is 8.60. The van der Waals surface area contributed by atoms with Gasteiger partial charge in [0.05, 0.1) is 0 Å². The number of aromatic amines is 1. The van der Waals surface area contributed by atoms with Crippen molar-refractivity contribution in [3.63, 3.8) is 0 Å². The Balaban J connectivity index is 2.88. The maximum Gasteiger partial charge on any atom is 0.205 e. The number of rotatable bonds is 1. The molecule has 2 heteroatoms. The highest BCUT2D eigenvalue weighted by atomic mass is 16.3. The van der Waals surface area contributed by atoms with Gasteiger partial charge in [-0.05, 0) is 13.0 Å². The molecule has 0 amide bonds. The number of aliphatic hydroxyl groups excluding tert-OH is 1. The summed E-state index contributed by atoms with van der Waals surface area (Å²) in [6, 6.07) is 3.83. The quantitative estimate of drug-likeness (QED) is 0.574. The monoisotopic (exact) mass is 124 g/mol. The molecule has 0 fully saturated rings. The molecule has 1 aromatic rings. The number of H-pyrrole nitrogens is 1. The zero-order valence-electron chi connectivity index (χ0n) is 5.39. The molecule has 1 rings (SSSR count). The summed E-state index contributed by atoms with van der Waals surface area (Å²) in [6.45, 7) is 2.08. The Labute approximate surface area is 54.2 Å². The van der Waals surface area contributed by atoms with Gasteiger partial charge in [0, 0.05) is 11.6 Å². The van der Waals surface area contributed by atoms with Crippen LogP contribution < -0.4 is 4.98 Å². The van der Waals surface area contributed by atoms with Gasteiger partial charge in [-0.15, -0.1) is 0 Å². The second-order valence-corrected chi connectivity index (χ2v) is 2.05. The molecule has 0 aromatic carbocycles. The lowest BCUT2D eigenvalue weighted by atomic mass is 10.3. The predicted molar refractivity (Wildman–Crippen MR) is 33.7 cm³/mol. The van der Waals surface area contributed by atoms with Gasteiger partial charge >= 0.3 is 0 Å². The number of aryl methyl sites for hydroxylation is 1. The highest BCUT2D eigenvalue weighted by Gasteiger charge is 1.94. The third-order valence-electron chi connectivity index (χ3n) is 1.20. The molecule has 0 unspecified atom stereocenters. The fourth-order valence-corrected chi connectivity index (χ4v) is 0.633. The average molecular weight is 124 g/mol. The van der Waals surface area contributed by atoms with E-state index in [0.717, 1.165) is 5.69 Å². The van der Waals surface area contributed by atoms with E-state index in [1.807, 2.05) is 25.3 Å². The number of pyridine rings is 1. The minimum atomic E-state index is 0.0836. The van der Waals surface area contributed by atoms with Crippen molar-refractivity contribution >= 4 is 0 Å². The van der Waals surface area contributed by atoms with Crippen molar-refractivity contribution in [1.82, 2.24) is 0 Å². The lowest BCUT2D eigenvalue weighted by molar-refractivity contribution is -0.395. The van der Waals surface area contributed by atoms with E-state index in [0.29, 0.717) is 0 Å². The molecule has 1 aromatic heterocycles. The van der Waals surface area contributed by atoms with Gasteiger partial charge in [0.1, 0.15) is 6.61 Å². The van der Waals surface area contributed by atoms with Gasteiger partial charge in [-0.1, -0.05) is 0 Å². The Morgan fingerprint density at radius 3 is 2.78 bits per heavy atom. The van der Waals surface area contributed by atoms with Crippen molar-refractivity contribution in [2.45, 2.75) is 13.5 Å². The highest BCUT2D eigenvalue weighted by molar-refractivity contribution is 5.05. The Morgan fingerprint density at radius 1 is 1.56 bits per heavy atom. The van der Waals surface area contributed by atoms with Gasteiger partial charge in [0.15, 0.2) is 6.20 Å². The minimum Gasteiger partial charge on any atom is -0.385 e. The second kappa shape index (κ2) is 2.60. The van der Waals surface area contributed by atoms with E-state index in [2.05, 4.69) is 4.98 Å². The number of hydrogen-bond donors (Lipinski definition) is 1. The third-order valence-corrected chi connectivity index (χ3v) is 1.20. The van der Waals surface area contributed by atoms with Gasteiger partial charge < -0.3 is 5.11 Å². The van der Waals surface area contributed by atoms with Gasteiger partial charge in [-0.2, -0.15) is 0 Å². The normalized spacial score (nSPS) is 9.56. The fourth-order valence-electron chi connectivity index (χ4n) is 0.633. The van der Waals surface area contributed by atoms with Gasteiger partial charge in [0.2, 0.25) is 5.69 Å². The summed E-state index contributed by atoms with van der Waals surface area (Å²) >= 11 is 0. The zero-order chi connectivity index (χ0) is 6.69. The van der Waals surface area contributed by atoms with Crippen LogP contribution in [0.15, 0.2) is 18.3 Å². The van der Waals surface area contributed by atoms with Gasteiger partial charge in [-0.25, -0.2) is 4.98 Å². The Morgan fingerprint density at radius 2 is 2.33 bits per heavy atom. The molecule has 0 bridgehead atoms. The van der Waals surface area contributed by atoms with Crippen LogP contribution in [-0.4, -0.2) is 5.11 Å². The highest BCUT2D eigenvalue weighted by Crippen LogP contribution is 1.92. The molecule has 9 heavy (non-hydrogen) atoms. The topological polar surface area (TPSA) is 34.4 Å². The van der Waals surface area contributed by atoms with E-state index in [4.69, 9.17) is 5.11 Å². The standard InChI is InChI=1S/C7H9NO/c1-6-2-3-7(5-9)8-4-6/h2-4,9H,5H2,1H3/p+1.